The van der Waals surface area contributed by atoms with Gasteiger partial charge >= 0.3 is 0 Å². The highest BCUT2D eigenvalue weighted by atomic mass is 16.6. The van der Waals surface area contributed by atoms with Crippen LogP contribution in [0.1, 0.15) is 44.6 Å². The Hall–Kier alpha value is -1.51. The maximum absolute atomic E-state index is 9.22. The van der Waals surface area contributed by atoms with Crippen LogP contribution in [0.25, 0.3) is 0 Å². The summed E-state index contributed by atoms with van der Waals surface area (Å²) in [4.78, 5) is 5.42. The highest BCUT2D eigenvalue weighted by molar-refractivity contribution is 6.01. The van der Waals surface area contributed by atoms with Gasteiger partial charge < -0.3 is 9.94 Å². The molecule has 1 unspecified atom stereocenters. The smallest absolute Gasteiger partial charge is 0.133 e. The van der Waals surface area contributed by atoms with Gasteiger partial charge in [-0.25, -0.2) is 0 Å². The summed E-state index contributed by atoms with van der Waals surface area (Å²) in [5.74, 6) is 0.285. The molecule has 1 atom stereocenters. The molecule has 0 spiro atoms. The lowest BCUT2D eigenvalue weighted by atomic mass is 10.0. The van der Waals surface area contributed by atoms with E-state index < -0.39 is 0 Å². The number of rotatable bonds is 5. The first-order chi connectivity index (χ1) is 8.29. The van der Waals surface area contributed by atoms with Crippen molar-refractivity contribution in [3.05, 3.63) is 29.8 Å². The standard InChI is InChI=1S/C14H19NO2/c1-2-3-4-5-13-10-14(15-17-13)11-6-8-12(16)9-7-11/h6-9,13,16H,2-5,10H2,1H3. The van der Waals surface area contributed by atoms with E-state index in [9.17, 15) is 5.11 Å². The lowest BCUT2D eigenvalue weighted by Crippen LogP contribution is -2.08. The average molecular weight is 233 g/mol. The maximum Gasteiger partial charge on any atom is 0.133 e. The van der Waals surface area contributed by atoms with E-state index in [2.05, 4.69) is 12.1 Å². The zero-order chi connectivity index (χ0) is 12.1. The number of benzene rings is 1. The Balaban J connectivity index is 1.86. The first kappa shape index (κ1) is 12.0. The molecule has 0 saturated heterocycles. The molecular weight excluding hydrogens is 214 g/mol. The van der Waals surface area contributed by atoms with E-state index in [1.165, 1.54) is 19.3 Å². The summed E-state index contributed by atoms with van der Waals surface area (Å²) in [6.07, 6.45) is 5.91. The van der Waals surface area contributed by atoms with Gasteiger partial charge in [0.1, 0.15) is 11.9 Å². The van der Waals surface area contributed by atoms with Crippen LogP contribution in [0.15, 0.2) is 29.4 Å². The molecule has 92 valence electrons. The Kier molecular flexibility index (Phi) is 4.02. The van der Waals surface area contributed by atoms with Crippen molar-refractivity contribution in [2.45, 2.75) is 45.1 Å². The maximum atomic E-state index is 9.22. The molecule has 3 nitrogen and oxygen atoms in total. The van der Waals surface area contributed by atoms with Crippen LogP contribution in [-0.4, -0.2) is 16.9 Å². The van der Waals surface area contributed by atoms with Crippen LogP contribution in [-0.2, 0) is 4.84 Å². The molecule has 0 fully saturated rings. The molecule has 0 amide bonds. The summed E-state index contributed by atoms with van der Waals surface area (Å²) in [6, 6.07) is 7.13. The monoisotopic (exact) mass is 233 g/mol. The van der Waals surface area contributed by atoms with Gasteiger partial charge in [-0.1, -0.05) is 24.9 Å². The normalized spacial score (nSPS) is 18.9. The number of phenolic OH excluding ortho intramolecular Hbond substituents is 1. The van der Waals surface area contributed by atoms with Gasteiger partial charge in [-0.2, -0.15) is 0 Å². The summed E-state index contributed by atoms with van der Waals surface area (Å²) in [6.45, 7) is 2.20. The Labute approximate surface area is 102 Å². The third-order valence-electron chi connectivity index (χ3n) is 3.06. The van der Waals surface area contributed by atoms with Crippen LogP contribution >= 0.6 is 0 Å². The number of phenols is 1. The SMILES string of the molecule is CCCCCC1CC(c2ccc(O)cc2)=NO1. The average Bonchev–Trinajstić information content (AvgIpc) is 2.79. The van der Waals surface area contributed by atoms with Crippen molar-refractivity contribution in [2.24, 2.45) is 5.16 Å². The fraction of sp³-hybridized carbons (Fsp3) is 0.500. The number of aromatic hydroxyl groups is 1. The van der Waals surface area contributed by atoms with E-state index in [1.54, 1.807) is 12.1 Å². The first-order valence-corrected chi connectivity index (χ1v) is 6.31. The molecule has 0 saturated carbocycles. The number of unbranched alkanes of at least 4 members (excludes halogenated alkanes) is 2. The minimum Gasteiger partial charge on any atom is -0.508 e. The highest BCUT2D eigenvalue weighted by Gasteiger charge is 2.21. The zero-order valence-electron chi connectivity index (χ0n) is 10.2. The van der Waals surface area contributed by atoms with Crippen molar-refractivity contribution in [1.29, 1.82) is 0 Å². The van der Waals surface area contributed by atoms with E-state index >= 15 is 0 Å². The summed E-state index contributed by atoms with van der Waals surface area (Å²) >= 11 is 0. The Morgan fingerprint density at radius 2 is 2.06 bits per heavy atom. The fourth-order valence-electron chi connectivity index (χ4n) is 2.03. The molecule has 1 N–H and O–H groups in total. The predicted molar refractivity (Wildman–Crippen MR) is 68.3 cm³/mol. The summed E-state index contributed by atoms with van der Waals surface area (Å²) in [5, 5.41) is 13.4. The van der Waals surface area contributed by atoms with Gasteiger partial charge in [0.2, 0.25) is 0 Å². The topological polar surface area (TPSA) is 41.8 Å². The quantitative estimate of drug-likeness (QED) is 0.791. The molecule has 3 heteroatoms. The predicted octanol–water partition coefficient (Wildman–Crippen LogP) is 3.47. The largest absolute Gasteiger partial charge is 0.508 e. The van der Waals surface area contributed by atoms with E-state index in [0.717, 1.165) is 24.1 Å². The van der Waals surface area contributed by atoms with Crippen LogP contribution < -0.4 is 0 Å². The minimum atomic E-state index is 0.241. The van der Waals surface area contributed by atoms with Gasteiger partial charge in [0.05, 0.1) is 5.71 Å². The molecule has 0 bridgehead atoms. The lowest BCUT2D eigenvalue weighted by Gasteiger charge is -2.06. The molecule has 0 aromatic heterocycles. The third-order valence-corrected chi connectivity index (χ3v) is 3.06. The van der Waals surface area contributed by atoms with Crippen LogP contribution in [0.2, 0.25) is 0 Å². The van der Waals surface area contributed by atoms with E-state index in [1.807, 2.05) is 12.1 Å². The van der Waals surface area contributed by atoms with Gasteiger partial charge in [0, 0.05) is 6.42 Å². The molecule has 1 aromatic carbocycles. The minimum absolute atomic E-state index is 0.241. The van der Waals surface area contributed by atoms with Gasteiger partial charge in [0.15, 0.2) is 0 Å². The third kappa shape index (κ3) is 3.22. The molecule has 0 radical (unpaired) electrons. The van der Waals surface area contributed by atoms with Crippen LogP contribution in [0, 0.1) is 0 Å². The Bertz CT molecular complexity index is 384. The van der Waals surface area contributed by atoms with E-state index in [4.69, 9.17) is 4.84 Å². The number of hydrogen-bond donors (Lipinski definition) is 1. The second-order valence-corrected chi connectivity index (χ2v) is 4.51. The number of nitrogens with zero attached hydrogens (tertiary/aromatic N) is 1. The molecule has 1 aliphatic rings. The molecule has 2 rings (SSSR count). The molecule has 1 aliphatic heterocycles. The molecule has 1 aromatic rings. The van der Waals surface area contributed by atoms with Crippen molar-refractivity contribution in [3.63, 3.8) is 0 Å². The van der Waals surface area contributed by atoms with Crippen molar-refractivity contribution < 1.29 is 9.94 Å². The first-order valence-electron chi connectivity index (χ1n) is 6.31. The van der Waals surface area contributed by atoms with Crippen molar-refractivity contribution in [1.82, 2.24) is 0 Å². The van der Waals surface area contributed by atoms with Crippen LogP contribution in [0.3, 0.4) is 0 Å². The Morgan fingerprint density at radius 1 is 1.29 bits per heavy atom. The molecule has 0 aliphatic carbocycles. The van der Waals surface area contributed by atoms with Crippen LogP contribution in [0.5, 0.6) is 5.75 Å². The Morgan fingerprint density at radius 3 is 2.76 bits per heavy atom. The van der Waals surface area contributed by atoms with Gasteiger partial charge in [-0.3, -0.25) is 0 Å². The van der Waals surface area contributed by atoms with Crippen molar-refractivity contribution >= 4 is 5.71 Å². The second-order valence-electron chi connectivity index (χ2n) is 4.51. The molecule has 17 heavy (non-hydrogen) atoms. The summed E-state index contributed by atoms with van der Waals surface area (Å²) in [7, 11) is 0. The van der Waals surface area contributed by atoms with E-state index in [-0.39, 0.29) is 11.9 Å². The highest BCUT2D eigenvalue weighted by Crippen LogP contribution is 2.22. The van der Waals surface area contributed by atoms with Gasteiger partial charge in [0.25, 0.3) is 0 Å². The fourth-order valence-corrected chi connectivity index (χ4v) is 2.03. The second kappa shape index (κ2) is 5.71. The van der Waals surface area contributed by atoms with Crippen LogP contribution in [0.4, 0.5) is 0 Å². The van der Waals surface area contributed by atoms with Crippen molar-refractivity contribution in [3.8, 4) is 5.75 Å². The van der Waals surface area contributed by atoms with Gasteiger partial charge in [-0.15, -0.1) is 0 Å². The lowest BCUT2D eigenvalue weighted by molar-refractivity contribution is 0.0771. The number of hydrogen-bond acceptors (Lipinski definition) is 3. The van der Waals surface area contributed by atoms with E-state index in [0.29, 0.717) is 0 Å². The number of oxime groups is 1. The molecule has 1 heterocycles. The van der Waals surface area contributed by atoms with Crippen molar-refractivity contribution in [2.75, 3.05) is 0 Å². The summed E-state index contributed by atoms with van der Waals surface area (Å²) < 4.78 is 0. The summed E-state index contributed by atoms with van der Waals surface area (Å²) in [5.41, 5.74) is 2.03. The zero-order valence-corrected chi connectivity index (χ0v) is 10.2. The van der Waals surface area contributed by atoms with Gasteiger partial charge in [-0.05, 0) is 42.7 Å². The molecular formula is C14H19NO2.